The summed E-state index contributed by atoms with van der Waals surface area (Å²) in [5, 5.41) is 6.04. The zero-order chi connectivity index (χ0) is 27.7. The summed E-state index contributed by atoms with van der Waals surface area (Å²) in [6, 6.07) is 16.7. The first-order valence-corrected chi connectivity index (χ1v) is 13.4. The highest BCUT2D eigenvalue weighted by Gasteiger charge is 2.40. The predicted molar refractivity (Wildman–Crippen MR) is 150 cm³/mol. The first-order chi connectivity index (χ1) is 19.4. The fraction of sp³-hybridized carbons (Fsp3) is 0.214. The molecule has 204 valence electrons. The van der Waals surface area contributed by atoms with Crippen molar-refractivity contribution in [2.75, 3.05) is 17.7 Å². The van der Waals surface area contributed by atoms with E-state index in [4.69, 9.17) is 9.47 Å². The fourth-order valence-electron chi connectivity index (χ4n) is 4.25. The van der Waals surface area contributed by atoms with Crippen molar-refractivity contribution in [2.24, 2.45) is 10.9 Å². The monoisotopic (exact) mass is 560 g/mol. The predicted octanol–water partition coefficient (Wildman–Crippen LogP) is 4.60. The van der Waals surface area contributed by atoms with E-state index in [1.165, 1.54) is 35.9 Å². The number of carbonyl (C=O) groups excluding carboxylic acids is 2. The van der Waals surface area contributed by atoms with Gasteiger partial charge in [-0.25, -0.2) is 19.8 Å². The van der Waals surface area contributed by atoms with Crippen LogP contribution in [0.5, 0.6) is 17.2 Å². The zero-order valence-corrected chi connectivity index (χ0v) is 22.2. The number of nitrogens with zero attached hydrogens (tertiary/aromatic N) is 2. The first-order valence-electron chi connectivity index (χ1n) is 12.6. The summed E-state index contributed by atoms with van der Waals surface area (Å²) >= 11 is 1.35. The number of methoxy groups -OCH3 is 1. The number of benzene rings is 3. The Labute approximate surface area is 232 Å². The largest absolute Gasteiger partial charge is 0.497 e. The summed E-state index contributed by atoms with van der Waals surface area (Å²) in [5.74, 6) is 0.435. The Kier molecular flexibility index (Phi) is 6.78. The number of aliphatic imine (C=N–C) groups is 1. The van der Waals surface area contributed by atoms with Crippen molar-refractivity contribution >= 4 is 50.5 Å². The molecule has 40 heavy (non-hydrogen) atoms. The summed E-state index contributed by atoms with van der Waals surface area (Å²) in [6.07, 6.45) is 3.43. The van der Waals surface area contributed by atoms with Gasteiger partial charge in [0.1, 0.15) is 23.1 Å². The summed E-state index contributed by atoms with van der Waals surface area (Å²) in [4.78, 5) is 34.2. The molecule has 0 bridgehead atoms. The average molecular weight is 561 g/mol. The van der Waals surface area contributed by atoms with Crippen LogP contribution in [0.1, 0.15) is 18.4 Å². The lowest BCUT2D eigenvalue weighted by Gasteiger charge is -2.25. The maximum absolute atomic E-state index is 14.8. The molecule has 10 nitrogen and oxygen atoms in total. The topological polar surface area (TPSA) is 126 Å². The van der Waals surface area contributed by atoms with Crippen molar-refractivity contribution in [2.45, 2.75) is 24.9 Å². The molecule has 3 aromatic carbocycles. The van der Waals surface area contributed by atoms with Gasteiger partial charge in [0.25, 0.3) is 5.91 Å². The third-order valence-electron chi connectivity index (χ3n) is 6.58. The van der Waals surface area contributed by atoms with Gasteiger partial charge in [0.15, 0.2) is 5.13 Å². The highest BCUT2D eigenvalue weighted by molar-refractivity contribution is 7.22. The normalized spacial score (nSPS) is 17.9. The van der Waals surface area contributed by atoms with Crippen LogP contribution in [-0.2, 0) is 16.0 Å². The van der Waals surface area contributed by atoms with Crippen LogP contribution in [0, 0.1) is 11.7 Å². The molecule has 2 heterocycles. The van der Waals surface area contributed by atoms with E-state index in [1.54, 1.807) is 37.4 Å². The maximum atomic E-state index is 14.8. The Balaban J connectivity index is 1.17. The van der Waals surface area contributed by atoms with Gasteiger partial charge >= 0.3 is 0 Å². The number of anilines is 2. The van der Waals surface area contributed by atoms with Gasteiger partial charge in [-0.05, 0) is 54.8 Å². The molecule has 1 atom stereocenters. The van der Waals surface area contributed by atoms with Gasteiger partial charge in [-0.2, -0.15) is 0 Å². The van der Waals surface area contributed by atoms with E-state index in [-0.39, 0.29) is 23.9 Å². The van der Waals surface area contributed by atoms with Crippen LogP contribution in [0.4, 0.5) is 15.2 Å². The Morgan fingerprint density at radius 1 is 1.05 bits per heavy atom. The standard InChI is InChI=1S/C28H25FN6O4S/c1-38-18-6-2-16(3-7-18)14-28(30-15-31-35-28)26(37)32-23-12-19(8-10-21(23)29)39-20-9-11-22-24(13-20)40-27(33-22)34-25(36)17-4-5-17/h2-3,6-13,15,17,35H,4-5,14H2,1H3,(H,30,31)(H,32,37)(H,33,34,36). The molecule has 0 spiro atoms. The van der Waals surface area contributed by atoms with Crippen molar-refractivity contribution in [3.8, 4) is 17.2 Å². The molecule has 1 fully saturated rings. The minimum absolute atomic E-state index is 0.00327. The number of carbonyl (C=O) groups is 2. The van der Waals surface area contributed by atoms with Crippen LogP contribution in [0.3, 0.4) is 0 Å². The van der Waals surface area contributed by atoms with E-state index in [0.717, 1.165) is 28.6 Å². The van der Waals surface area contributed by atoms with Crippen LogP contribution in [-0.4, -0.2) is 35.9 Å². The number of hydrazine groups is 1. The van der Waals surface area contributed by atoms with Gasteiger partial charge in [0, 0.05) is 24.5 Å². The second kappa shape index (κ2) is 10.5. The second-order valence-electron chi connectivity index (χ2n) is 9.52. The van der Waals surface area contributed by atoms with E-state index < -0.39 is 17.4 Å². The zero-order valence-electron chi connectivity index (χ0n) is 21.4. The summed E-state index contributed by atoms with van der Waals surface area (Å²) in [5.41, 5.74) is 5.75. The molecule has 1 aromatic heterocycles. The minimum atomic E-state index is -1.39. The molecule has 1 aliphatic carbocycles. The maximum Gasteiger partial charge on any atom is 0.269 e. The van der Waals surface area contributed by atoms with Gasteiger partial charge in [0.05, 0.1) is 29.4 Å². The van der Waals surface area contributed by atoms with Crippen molar-refractivity contribution in [3.05, 3.63) is 72.0 Å². The second-order valence-corrected chi connectivity index (χ2v) is 10.6. The van der Waals surface area contributed by atoms with Crippen LogP contribution >= 0.6 is 11.3 Å². The van der Waals surface area contributed by atoms with Crippen LogP contribution < -0.4 is 31.0 Å². The third kappa shape index (κ3) is 5.44. The summed E-state index contributed by atoms with van der Waals surface area (Å²) in [7, 11) is 1.58. The fourth-order valence-corrected chi connectivity index (χ4v) is 5.15. The van der Waals surface area contributed by atoms with Crippen LogP contribution in [0.2, 0.25) is 0 Å². The number of hydrogen-bond acceptors (Lipinski definition) is 9. The number of halogens is 1. The van der Waals surface area contributed by atoms with Gasteiger partial charge in [0.2, 0.25) is 11.6 Å². The van der Waals surface area contributed by atoms with E-state index in [9.17, 15) is 14.0 Å². The van der Waals surface area contributed by atoms with Crippen molar-refractivity contribution in [1.82, 2.24) is 15.8 Å². The Morgan fingerprint density at radius 3 is 2.52 bits per heavy atom. The molecular weight excluding hydrogens is 535 g/mol. The molecule has 2 aliphatic rings. The lowest BCUT2D eigenvalue weighted by atomic mass is 9.99. The number of hydrogen-bond donors (Lipinski definition) is 4. The van der Waals surface area contributed by atoms with E-state index in [1.807, 2.05) is 12.1 Å². The quantitative estimate of drug-likeness (QED) is 0.236. The highest BCUT2D eigenvalue weighted by atomic mass is 32.1. The van der Waals surface area contributed by atoms with Gasteiger partial charge in [-0.15, -0.1) is 0 Å². The molecular formula is C28H25FN6O4S. The van der Waals surface area contributed by atoms with Crippen molar-refractivity contribution in [1.29, 1.82) is 0 Å². The lowest BCUT2D eigenvalue weighted by Crippen LogP contribution is -2.55. The van der Waals surface area contributed by atoms with Gasteiger partial charge < -0.3 is 25.5 Å². The molecule has 1 saturated carbocycles. The van der Waals surface area contributed by atoms with Gasteiger partial charge in [-0.3, -0.25) is 9.59 Å². The number of nitrogens with one attached hydrogen (secondary N) is 4. The number of rotatable bonds is 9. The van der Waals surface area contributed by atoms with Gasteiger partial charge in [-0.1, -0.05) is 23.5 Å². The number of amides is 2. The molecule has 1 aliphatic heterocycles. The number of thiazole rings is 1. The first kappa shape index (κ1) is 25.7. The average Bonchev–Trinajstić information content (AvgIpc) is 3.58. The summed E-state index contributed by atoms with van der Waals surface area (Å²) < 4.78 is 26.8. The third-order valence-corrected chi connectivity index (χ3v) is 7.52. The van der Waals surface area contributed by atoms with E-state index in [2.05, 4.69) is 31.5 Å². The van der Waals surface area contributed by atoms with Crippen molar-refractivity contribution in [3.63, 3.8) is 0 Å². The molecule has 4 N–H and O–H groups in total. The lowest BCUT2D eigenvalue weighted by molar-refractivity contribution is -0.122. The molecule has 2 amide bonds. The van der Waals surface area contributed by atoms with Crippen molar-refractivity contribution < 1.29 is 23.5 Å². The molecule has 6 rings (SSSR count). The molecule has 1 unspecified atom stereocenters. The minimum Gasteiger partial charge on any atom is -0.497 e. The van der Waals surface area contributed by atoms with E-state index >= 15 is 0 Å². The van der Waals surface area contributed by atoms with E-state index in [0.29, 0.717) is 22.4 Å². The molecule has 0 saturated heterocycles. The number of ether oxygens (including phenoxy) is 2. The Morgan fingerprint density at radius 2 is 1.80 bits per heavy atom. The molecule has 12 heteroatoms. The Bertz CT molecular complexity index is 1620. The van der Waals surface area contributed by atoms with Crippen LogP contribution in [0.15, 0.2) is 65.7 Å². The smallest absolute Gasteiger partial charge is 0.269 e. The number of fused-ring (bicyclic) bond motifs is 1. The Hall–Kier alpha value is -4.55. The highest BCUT2D eigenvalue weighted by Crippen LogP contribution is 2.35. The SMILES string of the molecule is COc1ccc(CC2(C(=O)Nc3cc(Oc4ccc5nc(NC(=O)C6CC6)sc5c4)ccc3F)N=CNN2)cc1. The summed E-state index contributed by atoms with van der Waals surface area (Å²) in [6.45, 7) is 0. The molecule has 4 aromatic rings. The molecule has 0 radical (unpaired) electrons. The van der Waals surface area contributed by atoms with Crippen LogP contribution in [0.25, 0.3) is 10.2 Å². The number of aromatic nitrogens is 1.